The van der Waals surface area contributed by atoms with Crippen LogP contribution >= 0.6 is 0 Å². The van der Waals surface area contributed by atoms with Crippen LogP contribution in [0.25, 0.3) is 11.4 Å². The minimum atomic E-state index is -2.68. The zero-order valence-corrected chi connectivity index (χ0v) is 21.2. The summed E-state index contributed by atoms with van der Waals surface area (Å²) >= 11 is 0. The van der Waals surface area contributed by atoms with Crippen molar-refractivity contribution in [1.82, 2.24) is 20.3 Å². The van der Waals surface area contributed by atoms with E-state index in [1.807, 2.05) is 26.0 Å². The molecule has 11 heteroatoms. The van der Waals surface area contributed by atoms with Gasteiger partial charge >= 0.3 is 20.6 Å². The smallest absolute Gasteiger partial charge is 0.357 e. The van der Waals surface area contributed by atoms with Crippen LogP contribution in [0.3, 0.4) is 0 Å². The molecule has 1 heterocycles. The van der Waals surface area contributed by atoms with Gasteiger partial charge in [-0.1, -0.05) is 6.58 Å². The summed E-state index contributed by atoms with van der Waals surface area (Å²) in [7, 11) is 0.419. The first kappa shape index (κ1) is 28.6. The summed E-state index contributed by atoms with van der Waals surface area (Å²) in [6.07, 6.45) is 1.90. The van der Waals surface area contributed by atoms with E-state index in [4.69, 9.17) is 13.6 Å². The van der Waals surface area contributed by atoms with Crippen molar-refractivity contribution in [3.05, 3.63) is 61.7 Å². The Bertz CT molecular complexity index is 931. The lowest BCUT2D eigenvalue weighted by molar-refractivity contribution is -0.137. The molecule has 0 unspecified atom stereocenters. The number of rotatable bonds is 11. The van der Waals surface area contributed by atoms with Gasteiger partial charge in [0.25, 0.3) is 0 Å². The summed E-state index contributed by atoms with van der Waals surface area (Å²) < 4.78 is 16.2. The standard InChI is InChI=1S/C21H29N5O5Si.C2H4/c1-6-19(27)31-12-7-13-32(29-4,30-5)14-22-21(28)26-18-10-8-17(9-11-18)20-24-15(2)23-16(3)25-20;1-2/h6,8-11H,1,7,12-14H2,2-5H3,(H2,22,26,28);1-2H2. The third-order valence-electron chi connectivity index (χ3n) is 4.64. The van der Waals surface area contributed by atoms with E-state index in [9.17, 15) is 9.59 Å². The highest BCUT2D eigenvalue weighted by Gasteiger charge is 2.35. The summed E-state index contributed by atoms with van der Waals surface area (Å²) in [5.41, 5.74) is 1.44. The lowest BCUT2D eigenvalue weighted by Gasteiger charge is -2.27. The summed E-state index contributed by atoms with van der Waals surface area (Å²) in [5.74, 6) is 1.41. The Labute approximate surface area is 201 Å². The molecular weight excluding hydrogens is 454 g/mol. The molecule has 0 bridgehead atoms. The second-order valence-corrected chi connectivity index (χ2v) is 10.4. The first-order chi connectivity index (χ1) is 16.3. The highest BCUT2D eigenvalue weighted by Crippen LogP contribution is 2.18. The molecule has 0 saturated heterocycles. The maximum Gasteiger partial charge on any atom is 0.357 e. The van der Waals surface area contributed by atoms with Crippen molar-refractivity contribution >= 4 is 26.2 Å². The number of hydrogen-bond donors (Lipinski definition) is 2. The highest BCUT2D eigenvalue weighted by molar-refractivity contribution is 6.67. The monoisotopic (exact) mass is 487 g/mol. The van der Waals surface area contributed by atoms with Gasteiger partial charge in [-0.15, -0.1) is 13.2 Å². The largest absolute Gasteiger partial charge is 0.463 e. The van der Waals surface area contributed by atoms with Gasteiger partial charge in [0.15, 0.2) is 5.82 Å². The number of nitrogens with one attached hydrogen (secondary N) is 2. The number of esters is 1. The average molecular weight is 488 g/mol. The first-order valence-corrected chi connectivity index (χ1v) is 12.8. The number of carbonyl (C=O) groups excluding carboxylic acids is 2. The van der Waals surface area contributed by atoms with Crippen LogP contribution in [0.5, 0.6) is 0 Å². The molecule has 184 valence electrons. The Morgan fingerprint density at radius 2 is 1.62 bits per heavy atom. The molecule has 10 nitrogen and oxygen atoms in total. The average Bonchev–Trinajstić information content (AvgIpc) is 2.85. The third kappa shape index (κ3) is 9.22. The van der Waals surface area contributed by atoms with Crippen LogP contribution in [0.15, 0.2) is 50.1 Å². The van der Waals surface area contributed by atoms with Crippen molar-refractivity contribution < 1.29 is 23.2 Å². The molecule has 34 heavy (non-hydrogen) atoms. The van der Waals surface area contributed by atoms with Crippen LogP contribution in [0.1, 0.15) is 18.1 Å². The number of anilines is 1. The van der Waals surface area contributed by atoms with E-state index in [1.165, 1.54) is 0 Å². The van der Waals surface area contributed by atoms with E-state index in [2.05, 4.69) is 45.3 Å². The van der Waals surface area contributed by atoms with Crippen molar-refractivity contribution in [2.24, 2.45) is 0 Å². The Morgan fingerprint density at radius 3 is 2.15 bits per heavy atom. The molecule has 0 radical (unpaired) electrons. The molecular formula is C23H33N5O5Si. The summed E-state index contributed by atoms with van der Waals surface area (Å²) in [6, 6.07) is 7.37. The van der Waals surface area contributed by atoms with Gasteiger partial charge in [-0.3, -0.25) is 0 Å². The molecule has 0 aliphatic rings. The lowest BCUT2D eigenvalue weighted by Crippen LogP contribution is -2.52. The molecule has 2 rings (SSSR count). The van der Waals surface area contributed by atoms with Crippen LogP contribution < -0.4 is 10.6 Å². The van der Waals surface area contributed by atoms with Crippen molar-refractivity contribution in [2.45, 2.75) is 26.3 Å². The SMILES string of the molecule is C=C.C=CC(=O)OCCC[Si](CNC(=O)Nc1ccc(-c2nc(C)nc(C)n2)cc1)(OC)OC. The van der Waals surface area contributed by atoms with Gasteiger partial charge in [-0.2, -0.15) is 0 Å². The van der Waals surface area contributed by atoms with Crippen molar-refractivity contribution in [2.75, 3.05) is 32.3 Å². The van der Waals surface area contributed by atoms with E-state index in [0.29, 0.717) is 35.6 Å². The Hall–Kier alpha value is -3.41. The quantitative estimate of drug-likeness (QED) is 0.162. The van der Waals surface area contributed by atoms with E-state index in [0.717, 1.165) is 11.6 Å². The topological polar surface area (TPSA) is 125 Å². The van der Waals surface area contributed by atoms with E-state index in [-0.39, 0.29) is 18.8 Å². The van der Waals surface area contributed by atoms with Crippen LogP contribution in [0, 0.1) is 13.8 Å². The predicted octanol–water partition coefficient (Wildman–Crippen LogP) is 3.47. The molecule has 0 atom stereocenters. The Kier molecular flexibility index (Phi) is 12.4. The van der Waals surface area contributed by atoms with Crippen molar-refractivity contribution in [3.63, 3.8) is 0 Å². The molecule has 2 aromatic rings. The first-order valence-electron chi connectivity index (χ1n) is 10.5. The zero-order valence-electron chi connectivity index (χ0n) is 20.2. The maximum atomic E-state index is 12.4. The summed E-state index contributed by atoms with van der Waals surface area (Å²) in [6.45, 7) is 13.2. The van der Waals surface area contributed by atoms with Gasteiger partial charge in [0.2, 0.25) is 0 Å². The number of ether oxygens (including phenoxy) is 1. The fourth-order valence-electron chi connectivity index (χ4n) is 2.93. The number of aromatic nitrogens is 3. The summed E-state index contributed by atoms with van der Waals surface area (Å²) in [5, 5.41) is 5.58. The minimum absolute atomic E-state index is 0.227. The molecule has 2 N–H and O–H groups in total. The number of carbonyl (C=O) groups is 2. The van der Waals surface area contributed by atoms with E-state index in [1.54, 1.807) is 26.4 Å². The van der Waals surface area contributed by atoms with E-state index < -0.39 is 14.5 Å². The normalized spacial score (nSPS) is 10.5. The van der Waals surface area contributed by atoms with Crippen molar-refractivity contribution in [3.8, 4) is 11.4 Å². The number of hydrogen-bond acceptors (Lipinski definition) is 8. The highest BCUT2D eigenvalue weighted by atomic mass is 28.4. The number of aryl methyl sites for hydroxylation is 2. The zero-order chi connectivity index (χ0) is 25.6. The Balaban J connectivity index is 0.00000281. The molecule has 0 saturated carbocycles. The number of benzene rings is 1. The molecule has 0 aliphatic carbocycles. The van der Waals surface area contributed by atoms with Gasteiger partial charge in [0.05, 0.1) is 12.8 Å². The van der Waals surface area contributed by atoms with Gasteiger partial charge in [0, 0.05) is 31.5 Å². The molecule has 0 fully saturated rings. The number of urea groups is 1. The van der Waals surface area contributed by atoms with Crippen molar-refractivity contribution in [1.29, 1.82) is 0 Å². The fourth-order valence-corrected chi connectivity index (χ4v) is 5.08. The van der Waals surface area contributed by atoms with E-state index >= 15 is 0 Å². The fraction of sp³-hybridized carbons (Fsp3) is 0.348. The minimum Gasteiger partial charge on any atom is -0.463 e. The number of amides is 2. The second-order valence-electron chi connectivity index (χ2n) is 6.93. The van der Waals surface area contributed by atoms with Gasteiger partial charge in [0.1, 0.15) is 11.6 Å². The van der Waals surface area contributed by atoms with Gasteiger partial charge < -0.3 is 24.2 Å². The van der Waals surface area contributed by atoms with Gasteiger partial charge in [-0.05, 0) is 50.6 Å². The predicted molar refractivity (Wildman–Crippen MR) is 133 cm³/mol. The molecule has 0 spiro atoms. The maximum absolute atomic E-state index is 12.4. The molecule has 1 aromatic heterocycles. The summed E-state index contributed by atoms with van der Waals surface area (Å²) in [4.78, 5) is 36.3. The van der Waals surface area contributed by atoms with Gasteiger partial charge in [-0.25, -0.2) is 24.5 Å². The molecule has 2 amide bonds. The second kappa shape index (κ2) is 14.7. The van der Waals surface area contributed by atoms with Crippen LogP contribution in [0.2, 0.25) is 6.04 Å². The molecule has 0 aliphatic heterocycles. The Morgan fingerprint density at radius 1 is 1.03 bits per heavy atom. The lowest BCUT2D eigenvalue weighted by atomic mass is 10.2. The van der Waals surface area contributed by atoms with Crippen LogP contribution in [-0.2, 0) is 18.4 Å². The third-order valence-corrected chi connectivity index (χ3v) is 7.95. The van der Waals surface area contributed by atoms with Crippen LogP contribution in [-0.4, -0.2) is 62.5 Å². The van der Waals surface area contributed by atoms with Crippen LogP contribution in [0.4, 0.5) is 10.5 Å². The molecule has 1 aromatic carbocycles. The number of nitrogens with zero attached hydrogens (tertiary/aromatic N) is 3.